The molecule has 0 saturated heterocycles. The maximum Gasteiger partial charge on any atom is 0.227 e. The fourth-order valence-electron chi connectivity index (χ4n) is 1.77. The van der Waals surface area contributed by atoms with Gasteiger partial charge >= 0.3 is 0 Å². The number of nitrogens with one attached hydrogen (secondary N) is 1. The molecule has 2 rings (SSSR count). The van der Waals surface area contributed by atoms with E-state index in [9.17, 15) is 4.79 Å². The molecule has 4 heteroatoms. The van der Waals surface area contributed by atoms with Crippen molar-refractivity contribution in [1.82, 2.24) is 0 Å². The number of amides is 1. The van der Waals surface area contributed by atoms with Crippen LogP contribution >= 0.6 is 0 Å². The van der Waals surface area contributed by atoms with Crippen LogP contribution in [0.5, 0.6) is 0 Å². The average Bonchev–Trinajstić information content (AvgIpc) is 2.26. The molecule has 1 fully saturated rings. The minimum absolute atomic E-state index is 0.108. The first-order chi connectivity index (χ1) is 8.20. The second-order valence-electron chi connectivity index (χ2n) is 4.38. The van der Waals surface area contributed by atoms with Gasteiger partial charge in [0.15, 0.2) is 0 Å². The number of anilines is 1. The molecule has 1 saturated carbocycles. The molecule has 0 aliphatic heterocycles. The van der Waals surface area contributed by atoms with Crippen LogP contribution in [-0.2, 0) is 4.79 Å². The minimum Gasteiger partial charge on any atom is -0.411 e. The number of hydrogen-bond acceptors (Lipinski definition) is 3. The van der Waals surface area contributed by atoms with E-state index in [1.165, 1.54) is 0 Å². The molecule has 1 amide bonds. The van der Waals surface area contributed by atoms with Crippen molar-refractivity contribution >= 4 is 17.3 Å². The Morgan fingerprint density at radius 2 is 2.00 bits per heavy atom. The monoisotopic (exact) mass is 232 g/mol. The van der Waals surface area contributed by atoms with E-state index < -0.39 is 0 Å². The van der Waals surface area contributed by atoms with E-state index in [1.807, 2.05) is 24.3 Å². The molecule has 2 N–H and O–H groups in total. The SMILES string of the molecule is C/C(=N\O)c1ccc(NC(=O)C2CCC2)cc1. The quantitative estimate of drug-likeness (QED) is 0.478. The Kier molecular flexibility index (Phi) is 3.42. The van der Waals surface area contributed by atoms with E-state index in [0.717, 1.165) is 30.5 Å². The molecule has 17 heavy (non-hydrogen) atoms. The lowest BCUT2D eigenvalue weighted by atomic mass is 9.85. The normalized spacial score (nSPS) is 16.4. The number of benzene rings is 1. The predicted molar refractivity (Wildman–Crippen MR) is 66.4 cm³/mol. The number of rotatable bonds is 3. The maximum atomic E-state index is 11.7. The molecular formula is C13H16N2O2. The third-order valence-electron chi connectivity index (χ3n) is 3.20. The Bertz CT molecular complexity index is 433. The summed E-state index contributed by atoms with van der Waals surface area (Å²) in [5.41, 5.74) is 2.19. The zero-order chi connectivity index (χ0) is 12.3. The lowest BCUT2D eigenvalue weighted by molar-refractivity contribution is -0.122. The molecule has 1 aromatic carbocycles. The van der Waals surface area contributed by atoms with E-state index in [0.29, 0.717) is 5.71 Å². The van der Waals surface area contributed by atoms with Gasteiger partial charge in [-0.05, 0) is 37.5 Å². The zero-order valence-electron chi connectivity index (χ0n) is 9.81. The van der Waals surface area contributed by atoms with Gasteiger partial charge in [0.1, 0.15) is 0 Å². The first-order valence-electron chi connectivity index (χ1n) is 5.80. The summed E-state index contributed by atoms with van der Waals surface area (Å²) in [6, 6.07) is 7.29. The average molecular weight is 232 g/mol. The molecule has 4 nitrogen and oxygen atoms in total. The molecule has 0 spiro atoms. The van der Waals surface area contributed by atoms with Crippen molar-refractivity contribution in [1.29, 1.82) is 0 Å². The lowest BCUT2D eigenvalue weighted by Gasteiger charge is -2.24. The maximum absolute atomic E-state index is 11.7. The summed E-state index contributed by atoms with van der Waals surface area (Å²) in [6.07, 6.45) is 3.16. The number of nitrogens with zero attached hydrogens (tertiary/aromatic N) is 1. The van der Waals surface area contributed by atoms with Crippen LogP contribution in [-0.4, -0.2) is 16.8 Å². The first-order valence-corrected chi connectivity index (χ1v) is 5.80. The molecule has 0 atom stereocenters. The van der Waals surface area contributed by atoms with Gasteiger partial charge in [-0.15, -0.1) is 0 Å². The van der Waals surface area contributed by atoms with Crippen LogP contribution in [0.25, 0.3) is 0 Å². The van der Waals surface area contributed by atoms with Gasteiger partial charge in [0, 0.05) is 11.6 Å². The van der Waals surface area contributed by atoms with Crippen molar-refractivity contribution in [3.63, 3.8) is 0 Å². The highest BCUT2D eigenvalue weighted by Crippen LogP contribution is 2.27. The predicted octanol–water partition coefficient (Wildman–Crippen LogP) is 2.62. The molecule has 1 aromatic rings. The Morgan fingerprint density at radius 1 is 1.35 bits per heavy atom. The molecule has 0 radical (unpaired) electrons. The van der Waals surface area contributed by atoms with E-state index >= 15 is 0 Å². The lowest BCUT2D eigenvalue weighted by Crippen LogP contribution is -2.27. The summed E-state index contributed by atoms with van der Waals surface area (Å²) >= 11 is 0. The number of carbonyl (C=O) groups excluding carboxylic acids is 1. The fourth-order valence-corrected chi connectivity index (χ4v) is 1.77. The molecule has 90 valence electrons. The van der Waals surface area contributed by atoms with Crippen molar-refractivity contribution in [3.05, 3.63) is 29.8 Å². The van der Waals surface area contributed by atoms with Crippen LogP contribution < -0.4 is 5.32 Å². The van der Waals surface area contributed by atoms with Crippen molar-refractivity contribution in [3.8, 4) is 0 Å². The molecule has 1 aliphatic rings. The van der Waals surface area contributed by atoms with Crippen molar-refractivity contribution < 1.29 is 10.0 Å². The molecule has 0 unspecified atom stereocenters. The fraction of sp³-hybridized carbons (Fsp3) is 0.385. The van der Waals surface area contributed by atoms with Crippen LogP contribution in [0, 0.1) is 5.92 Å². The Balaban J connectivity index is 2.00. The van der Waals surface area contributed by atoms with Gasteiger partial charge in [-0.3, -0.25) is 4.79 Å². The van der Waals surface area contributed by atoms with E-state index in [1.54, 1.807) is 6.92 Å². The molecule has 1 aliphatic carbocycles. The molecule has 0 heterocycles. The van der Waals surface area contributed by atoms with Gasteiger partial charge in [-0.2, -0.15) is 0 Å². The highest BCUT2D eigenvalue weighted by atomic mass is 16.4. The second kappa shape index (κ2) is 4.99. The Hall–Kier alpha value is -1.84. The van der Waals surface area contributed by atoms with E-state index in [-0.39, 0.29) is 11.8 Å². The summed E-state index contributed by atoms with van der Waals surface area (Å²) in [5, 5.41) is 14.6. The second-order valence-corrected chi connectivity index (χ2v) is 4.38. The summed E-state index contributed by atoms with van der Waals surface area (Å²) in [6.45, 7) is 1.72. The van der Waals surface area contributed by atoms with Gasteiger partial charge in [0.05, 0.1) is 5.71 Å². The minimum atomic E-state index is 0.108. The van der Waals surface area contributed by atoms with Crippen LogP contribution in [0.4, 0.5) is 5.69 Å². The van der Waals surface area contributed by atoms with Gasteiger partial charge in [0.25, 0.3) is 0 Å². The van der Waals surface area contributed by atoms with Crippen molar-refractivity contribution in [2.45, 2.75) is 26.2 Å². The Labute approximate surface area is 100 Å². The van der Waals surface area contributed by atoms with Crippen LogP contribution in [0.1, 0.15) is 31.7 Å². The molecular weight excluding hydrogens is 216 g/mol. The van der Waals surface area contributed by atoms with Gasteiger partial charge in [0.2, 0.25) is 5.91 Å². The van der Waals surface area contributed by atoms with Crippen molar-refractivity contribution in [2.75, 3.05) is 5.32 Å². The standard InChI is InChI=1S/C13H16N2O2/c1-9(15-17)10-5-7-12(8-6-10)14-13(16)11-3-2-4-11/h5-8,11,17H,2-4H2,1H3,(H,14,16)/b15-9+. The largest absolute Gasteiger partial charge is 0.411 e. The Morgan fingerprint density at radius 3 is 2.47 bits per heavy atom. The summed E-state index contributed by atoms with van der Waals surface area (Å²) < 4.78 is 0. The van der Waals surface area contributed by atoms with Crippen LogP contribution in [0.3, 0.4) is 0 Å². The number of carbonyl (C=O) groups is 1. The zero-order valence-corrected chi connectivity index (χ0v) is 9.81. The number of hydrogen-bond donors (Lipinski definition) is 2. The third-order valence-corrected chi connectivity index (χ3v) is 3.20. The summed E-state index contributed by atoms with van der Waals surface area (Å²) in [5.74, 6) is 0.298. The highest BCUT2D eigenvalue weighted by molar-refractivity contribution is 5.99. The van der Waals surface area contributed by atoms with E-state index in [4.69, 9.17) is 5.21 Å². The number of oxime groups is 1. The first kappa shape index (κ1) is 11.6. The summed E-state index contributed by atoms with van der Waals surface area (Å²) in [7, 11) is 0. The third kappa shape index (κ3) is 2.64. The molecule has 0 aromatic heterocycles. The highest BCUT2D eigenvalue weighted by Gasteiger charge is 2.24. The summed E-state index contributed by atoms with van der Waals surface area (Å²) in [4.78, 5) is 11.7. The molecule has 0 bridgehead atoms. The smallest absolute Gasteiger partial charge is 0.227 e. The van der Waals surface area contributed by atoms with Crippen molar-refractivity contribution in [2.24, 2.45) is 11.1 Å². The topological polar surface area (TPSA) is 61.7 Å². The van der Waals surface area contributed by atoms with E-state index in [2.05, 4.69) is 10.5 Å². The van der Waals surface area contributed by atoms with Crippen LogP contribution in [0.2, 0.25) is 0 Å². The van der Waals surface area contributed by atoms with Gasteiger partial charge in [-0.25, -0.2) is 0 Å². The van der Waals surface area contributed by atoms with Gasteiger partial charge in [-0.1, -0.05) is 23.7 Å². The van der Waals surface area contributed by atoms with Gasteiger partial charge < -0.3 is 10.5 Å². The van der Waals surface area contributed by atoms with Crippen LogP contribution in [0.15, 0.2) is 29.4 Å².